The Kier molecular flexibility index (Phi) is 3.15. The van der Waals surface area contributed by atoms with E-state index in [0.717, 1.165) is 5.56 Å². The normalized spacial score (nSPS) is 15.3. The van der Waals surface area contributed by atoms with Crippen molar-refractivity contribution in [2.75, 3.05) is 5.32 Å². The highest BCUT2D eigenvalue weighted by Crippen LogP contribution is 2.31. The summed E-state index contributed by atoms with van der Waals surface area (Å²) >= 11 is 5.87. The summed E-state index contributed by atoms with van der Waals surface area (Å²) in [4.78, 5) is 10.5. The summed E-state index contributed by atoms with van der Waals surface area (Å²) in [5.41, 5.74) is 1.38. The molecule has 0 aromatic heterocycles. The Labute approximate surface area is 98.7 Å². The topological polar surface area (TPSA) is 49.3 Å². The Bertz CT molecular complexity index is 439. The van der Waals surface area contributed by atoms with Crippen LogP contribution >= 0.6 is 11.6 Å². The zero-order valence-corrected chi connectivity index (χ0v) is 9.37. The smallest absolute Gasteiger partial charge is 0.409 e. The number of anilines is 1. The summed E-state index contributed by atoms with van der Waals surface area (Å²) in [5.74, 6) is 0.701. The number of carboxylic acid groups (broad SMARTS) is 1. The predicted molar refractivity (Wildman–Crippen MR) is 64.9 cm³/mol. The fourth-order valence-electron chi connectivity index (χ4n) is 1.39. The lowest BCUT2D eigenvalue weighted by Crippen LogP contribution is -2.07. The Morgan fingerprint density at radius 1 is 1.50 bits per heavy atom. The first kappa shape index (κ1) is 11.0. The first-order valence-corrected chi connectivity index (χ1v) is 5.50. The molecule has 0 saturated heterocycles. The molecule has 2 rings (SSSR count). The summed E-state index contributed by atoms with van der Waals surface area (Å²) in [6, 6.07) is 5.29. The van der Waals surface area contributed by atoms with E-state index in [1.54, 1.807) is 12.1 Å². The molecule has 0 unspecified atom stereocenters. The molecule has 1 fully saturated rings. The van der Waals surface area contributed by atoms with E-state index < -0.39 is 6.09 Å². The van der Waals surface area contributed by atoms with Crippen molar-refractivity contribution < 1.29 is 9.90 Å². The van der Waals surface area contributed by atoms with Crippen LogP contribution in [0.25, 0.3) is 6.08 Å². The van der Waals surface area contributed by atoms with Gasteiger partial charge in [-0.25, -0.2) is 4.79 Å². The summed E-state index contributed by atoms with van der Waals surface area (Å²) < 4.78 is 0. The molecular formula is C12H12ClNO2. The number of hydrogen-bond acceptors (Lipinski definition) is 1. The molecule has 3 nitrogen and oxygen atoms in total. The maximum atomic E-state index is 10.5. The molecule has 0 radical (unpaired) electrons. The summed E-state index contributed by atoms with van der Waals surface area (Å²) in [5, 5.41) is 11.3. The van der Waals surface area contributed by atoms with Gasteiger partial charge in [-0.3, -0.25) is 5.32 Å². The lowest BCUT2D eigenvalue weighted by atomic mass is 10.1. The highest BCUT2D eigenvalue weighted by atomic mass is 35.5. The van der Waals surface area contributed by atoms with Crippen molar-refractivity contribution in [1.29, 1.82) is 0 Å². The van der Waals surface area contributed by atoms with Gasteiger partial charge in [-0.2, -0.15) is 0 Å². The maximum absolute atomic E-state index is 10.5. The number of carbonyl (C=O) groups is 1. The minimum absolute atomic E-state index is 0.408. The van der Waals surface area contributed by atoms with Gasteiger partial charge in [0.05, 0.1) is 10.7 Å². The summed E-state index contributed by atoms with van der Waals surface area (Å²) in [7, 11) is 0. The van der Waals surface area contributed by atoms with Crippen LogP contribution in [0.15, 0.2) is 24.3 Å². The second-order valence-electron chi connectivity index (χ2n) is 3.87. The van der Waals surface area contributed by atoms with Crippen LogP contribution in [0.3, 0.4) is 0 Å². The molecule has 84 valence electrons. The third kappa shape index (κ3) is 3.00. The van der Waals surface area contributed by atoms with Gasteiger partial charge < -0.3 is 5.11 Å². The van der Waals surface area contributed by atoms with Crippen LogP contribution in [-0.2, 0) is 0 Å². The molecule has 1 aromatic rings. The van der Waals surface area contributed by atoms with Crippen molar-refractivity contribution in [3.8, 4) is 0 Å². The predicted octanol–water partition coefficient (Wildman–Crippen LogP) is 3.85. The molecule has 1 saturated carbocycles. The second kappa shape index (κ2) is 4.58. The minimum atomic E-state index is -1.11. The third-order valence-electron chi connectivity index (χ3n) is 2.41. The fraction of sp³-hybridized carbons (Fsp3) is 0.250. The Morgan fingerprint density at radius 3 is 2.88 bits per heavy atom. The van der Waals surface area contributed by atoms with E-state index in [4.69, 9.17) is 16.7 Å². The number of nitrogens with one attached hydrogen (secondary N) is 1. The van der Waals surface area contributed by atoms with E-state index in [1.807, 2.05) is 12.1 Å². The van der Waals surface area contributed by atoms with Crippen LogP contribution in [0.5, 0.6) is 0 Å². The molecule has 0 spiro atoms. The number of halogens is 1. The van der Waals surface area contributed by atoms with E-state index in [1.165, 1.54) is 12.8 Å². The number of allylic oxidation sites excluding steroid dienone is 1. The van der Waals surface area contributed by atoms with Gasteiger partial charge >= 0.3 is 6.09 Å². The quantitative estimate of drug-likeness (QED) is 0.839. The molecule has 0 atom stereocenters. The van der Waals surface area contributed by atoms with E-state index in [-0.39, 0.29) is 0 Å². The van der Waals surface area contributed by atoms with Crippen molar-refractivity contribution in [1.82, 2.24) is 0 Å². The second-order valence-corrected chi connectivity index (χ2v) is 4.27. The number of amides is 1. The molecule has 0 heterocycles. The van der Waals surface area contributed by atoms with Crippen LogP contribution in [0.2, 0.25) is 5.02 Å². The molecule has 16 heavy (non-hydrogen) atoms. The van der Waals surface area contributed by atoms with Crippen molar-refractivity contribution in [2.24, 2.45) is 5.92 Å². The van der Waals surface area contributed by atoms with Gasteiger partial charge in [-0.15, -0.1) is 0 Å². The van der Waals surface area contributed by atoms with Gasteiger partial charge in [0.25, 0.3) is 0 Å². The van der Waals surface area contributed by atoms with Gasteiger partial charge in [0.2, 0.25) is 0 Å². The van der Waals surface area contributed by atoms with E-state index in [0.29, 0.717) is 16.6 Å². The van der Waals surface area contributed by atoms with Crippen LogP contribution in [0.1, 0.15) is 18.4 Å². The SMILES string of the molecule is O=C(O)Nc1cc(C=CC2CC2)ccc1Cl. The Balaban J connectivity index is 2.16. The monoisotopic (exact) mass is 237 g/mol. The average molecular weight is 238 g/mol. The molecule has 2 N–H and O–H groups in total. The van der Waals surface area contributed by atoms with Crippen molar-refractivity contribution in [3.63, 3.8) is 0 Å². The molecule has 1 aromatic carbocycles. The van der Waals surface area contributed by atoms with Crippen LogP contribution < -0.4 is 5.32 Å². The van der Waals surface area contributed by atoms with Crippen LogP contribution in [0.4, 0.5) is 10.5 Å². The zero-order chi connectivity index (χ0) is 11.5. The Morgan fingerprint density at radius 2 is 2.25 bits per heavy atom. The minimum Gasteiger partial charge on any atom is -0.465 e. The lowest BCUT2D eigenvalue weighted by Gasteiger charge is -2.04. The summed E-state index contributed by atoms with van der Waals surface area (Å²) in [6.07, 6.45) is 5.55. The van der Waals surface area contributed by atoms with E-state index in [2.05, 4.69) is 11.4 Å². The Hall–Kier alpha value is -1.48. The molecule has 1 amide bonds. The number of benzene rings is 1. The molecule has 4 heteroatoms. The molecule has 1 aliphatic rings. The van der Waals surface area contributed by atoms with Gasteiger partial charge in [0.1, 0.15) is 0 Å². The fourth-order valence-corrected chi connectivity index (χ4v) is 1.56. The first-order valence-electron chi connectivity index (χ1n) is 5.13. The van der Waals surface area contributed by atoms with Crippen molar-refractivity contribution in [2.45, 2.75) is 12.8 Å². The highest BCUT2D eigenvalue weighted by molar-refractivity contribution is 6.33. The third-order valence-corrected chi connectivity index (χ3v) is 2.74. The molecule has 0 aliphatic heterocycles. The number of hydrogen-bond donors (Lipinski definition) is 2. The van der Waals surface area contributed by atoms with Crippen LogP contribution in [0, 0.1) is 5.92 Å². The standard InChI is InChI=1S/C12H12ClNO2/c13-10-6-5-9(4-3-8-1-2-8)7-11(10)14-12(15)16/h3-8,14H,1-2H2,(H,15,16). The van der Waals surface area contributed by atoms with Gasteiger partial charge in [-0.1, -0.05) is 29.8 Å². The van der Waals surface area contributed by atoms with E-state index in [9.17, 15) is 4.79 Å². The average Bonchev–Trinajstić information content (AvgIpc) is 3.02. The molecule has 0 bridgehead atoms. The zero-order valence-electron chi connectivity index (χ0n) is 8.61. The number of rotatable bonds is 3. The van der Waals surface area contributed by atoms with E-state index >= 15 is 0 Å². The van der Waals surface area contributed by atoms with Gasteiger partial charge in [0, 0.05) is 0 Å². The van der Waals surface area contributed by atoms with Gasteiger partial charge in [0.15, 0.2) is 0 Å². The van der Waals surface area contributed by atoms with Crippen molar-refractivity contribution >= 4 is 29.5 Å². The molecular weight excluding hydrogens is 226 g/mol. The lowest BCUT2D eigenvalue weighted by molar-refractivity contribution is 0.210. The highest BCUT2D eigenvalue weighted by Gasteiger charge is 2.16. The first-order chi connectivity index (χ1) is 7.65. The molecule has 1 aliphatic carbocycles. The van der Waals surface area contributed by atoms with Crippen molar-refractivity contribution in [3.05, 3.63) is 34.9 Å². The maximum Gasteiger partial charge on any atom is 0.409 e. The van der Waals surface area contributed by atoms with Gasteiger partial charge in [-0.05, 0) is 36.5 Å². The largest absolute Gasteiger partial charge is 0.465 e. The summed E-state index contributed by atoms with van der Waals surface area (Å²) in [6.45, 7) is 0. The van der Waals surface area contributed by atoms with Crippen LogP contribution in [-0.4, -0.2) is 11.2 Å².